The van der Waals surface area contributed by atoms with Gasteiger partial charge in [0.1, 0.15) is 26.5 Å². The van der Waals surface area contributed by atoms with E-state index in [2.05, 4.69) is 24.1 Å². The highest BCUT2D eigenvalue weighted by Crippen LogP contribution is 2.37. The van der Waals surface area contributed by atoms with Crippen LogP contribution in [0, 0.1) is 19.7 Å². The topological polar surface area (TPSA) is 51.1 Å². The van der Waals surface area contributed by atoms with Gasteiger partial charge >= 0.3 is 0 Å². The third kappa shape index (κ3) is 4.72. The number of aromatic nitrogens is 3. The molecule has 0 spiro atoms. The molecule has 0 atom stereocenters. The number of benzene rings is 1. The lowest BCUT2D eigenvalue weighted by molar-refractivity contribution is 0.0330. The van der Waals surface area contributed by atoms with E-state index in [0.717, 1.165) is 75.9 Å². The van der Waals surface area contributed by atoms with E-state index >= 15 is 0 Å². The fraction of sp³-hybridized carbons (Fsp3) is 0.348. The molecule has 1 saturated heterocycles. The van der Waals surface area contributed by atoms with Crippen LogP contribution in [0.25, 0.3) is 20.8 Å². The molecule has 0 bridgehead atoms. The van der Waals surface area contributed by atoms with Gasteiger partial charge in [0.05, 0.1) is 25.5 Å². The first-order valence-corrected chi connectivity index (χ1v) is 13.1. The van der Waals surface area contributed by atoms with E-state index in [1.165, 1.54) is 22.6 Å². The Balaban J connectivity index is 1.38. The average Bonchev–Trinajstić information content (AvgIpc) is 3.38. The van der Waals surface area contributed by atoms with Crippen LogP contribution >= 0.6 is 34.4 Å². The highest BCUT2D eigenvalue weighted by atomic mass is 32.2. The zero-order chi connectivity index (χ0) is 22.1. The molecular formula is C23H23FN4OS3. The van der Waals surface area contributed by atoms with E-state index in [-0.39, 0.29) is 5.82 Å². The van der Waals surface area contributed by atoms with E-state index in [1.807, 2.05) is 0 Å². The van der Waals surface area contributed by atoms with E-state index < -0.39 is 0 Å². The number of thioether (sulfide) groups is 1. The van der Waals surface area contributed by atoms with Crippen molar-refractivity contribution < 1.29 is 9.13 Å². The third-order valence-corrected chi connectivity index (χ3v) is 8.56. The van der Waals surface area contributed by atoms with E-state index in [1.54, 1.807) is 46.6 Å². The molecular weight excluding hydrogens is 463 g/mol. The van der Waals surface area contributed by atoms with E-state index in [0.29, 0.717) is 0 Å². The minimum absolute atomic E-state index is 0.233. The van der Waals surface area contributed by atoms with E-state index in [4.69, 9.17) is 19.7 Å². The third-order valence-electron chi connectivity index (χ3n) is 5.51. The lowest BCUT2D eigenvalue weighted by Gasteiger charge is -2.25. The Hall–Kier alpha value is -1.91. The number of rotatable bonds is 6. The summed E-state index contributed by atoms with van der Waals surface area (Å²) in [6, 6.07) is 6.49. The second-order valence-electron chi connectivity index (χ2n) is 7.74. The number of aryl methyl sites for hydroxylation is 2. The summed E-state index contributed by atoms with van der Waals surface area (Å²) in [5.74, 6) is 1.37. The molecule has 0 N–H and O–H groups in total. The fourth-order valence-corrected chi connectivity index (χ4v) is 6.67. The van der Waals surface area contributed by atoms with Crippen molar-refractivity contribution in [2.45, 2.75) is 31.2 Å². The maximum atomic E-state index is 13.2. The van der Waals surface area contributed by atoms with Crippen molar-refractivity contribution in [3.63, 3.8) is 0 Å². The van der Waals surface area contributed by atoms with Crippen molar-refractivity contribution in [3.05, 3.63) is 57.4 Å². The van der Waals surface area contributed by atoms with Gasteiger partial charge < -0.3 is 4.74 Å². The standard InChI is InChI=1S/C23H23FN4OS3/c1-14-15(2)32-23-20(14)22(26-19(27-23)11-28-7-9-29-10-8-28)31-13-18-12-30-21(25-18)16-3-5-17(24)6-4-16/h3-6,12H,7-11,13H2,1-2H3. The summed E-state index contributed by atoms with van der Waals surface area (Å²) >= 11 is 5.04. The Morgan fingerprint density at radius 1 is 1.09 bits per heavy atom. The lowest BCUT2D eigenvalue weighted by Crippen LogP contribution is -2.36. The second-order valence-corrected chi connectivity index (χ2v) is 10.8. The Labute approximate surface area is 198 Å². The number of morpholine rings is 1. The molecule has 4 heterocycles. The zero-order valence-corrected chi connectivity index (χ0v) is 20.4. The van der Waals surface area contributed by atoms with Gasteiger partial charge in [-0.2, -0.15) is 0 Å². The maximum Gasteiger partial charge on any atom is 0.145 e. The Morgan fingerprint density at radius 2 is 1.88 bits per heavy atom. The van der Waals surface area contributed by atoms with Crippen LogP contribution in [-0.2, 0) is 17.0 Å². The SMILES string of the molecule is Cc1sc2nc(CN3CCOCC3)nc(SCc3csc(-c4ccc(F)cc4)n3)c2c1C. The molecule has 9 heteroatoms. The Kier molecular flexibility index (Phi) is 6.52. The largest absolute Gasteiger partial charge is 0.379 e. The van der Waals surface area contributed by atoms with Gasteiger partial charge in [-0.15, -0.1) is 22.7 Å². The molecule has 4 aromatic rings. The maximum absolute atomic E-state index is 13.2. The van der Waals surface area contributed by atoms with Gasteiger partial charge in [-0.3, -0.25) is 4.90 Å². The van der Waals surface area contributed by atoms with Gasteiger partial charge in [-0.25, -0.2) is 19.3 Å². The molecule has 5 nitrogen and oxygen atoms in total. The van der Waals surface area contributed by atoms with Gasteiger partial charge in [-0.05, 0) is 43.7 Å². The predicted molar refractivity (Wildman–Crippen MR) is 130 cm³/mol. The van der Waals surface area contributed by atoms with Crippen LogP contribution in [0.15, 0.2) is 34.7 Å². The molecule has 1 fully saturated rings. The summed E-state index contributed by atoms with van der Waals surface area (Å²) in [5.41, 5.74) is 3.20. The van der Waals surface area contributed by atoms with Crippen molar-refractivity contribution >= 4 is 44.7 Å². The average molecular weight is 487 g/mol. The summed E-state index contributed by atoms with van der Waals surface area (Å²) in [5, 5.41) is 5.17. The number of halogens is 1. The molecule has 1 aliphatic rings. The van der Waals surface area contributed by atoms with Crippen molar-refractivity contribution in [2.24, 2.45) is 0 Å². The normalized spacial score (nSPS) is 15.0. The van der Waals surface area contributed by atoms with Gasteiger partial charge in [-0.1, -0.05) is 11.8 Å². The van der Waals surface area contributed by atoms with Crippen LogP contribution in [0.5, 0.6) is 0 Å². The molecule has 166 valence electrons. The number of fused-ring (bicyclic) bond motifs is 1. The molecule has 32 heavy (non-hydrogen) atoms. The van der Waals surface area contributed by atoms with Crippen LogP contribution < -0.4 is 0 Å². The highest BCUT2D eigenvalue weighted by molar-refractivity contribution is 7.98. The molecule has 0 unspecified atom stereocenters. The molecule has 5 rings (SSSR count). The van der Waals surface area contributed by atoms with Gasteiger partial charge in [0.15, 0.2) is 0 Å². The zero-order valence-electron chi connectivity index (χ0n) is 17.9. The summed E-state index contributed by atoms with van der Waals surface area (Å²) in [6.07, 6.45) is 0. The minimum atomic E-state index is -0.233. The molecule has 0 radical (unpaired) electrons. The van der Waals surface area contributed by atoms with Crippen LogP contribution in [0.1, 0.15) is 22.0 Å². The van der Waals surface area contributed by atoms with Crippen molar-refractivity contribution in [1.29, 1.82) is 0 Å². The molecule has 1 aliphatic heterocycles. The van der Waals surface area contributed by atoms with Crippen LogP contribution in [0.3, 0.4) is 0 Å². The number of ether oxygens (including phenoxy) is 1. The number of thiophene rings is 1. The minimum Gasteiger partial charge on any atom is -0.379 e. The number of nitrogens with zero attached hydrogens (tertiary/aromatic N) is 4. The lowest BCUT2D eigenvalue weighted by atomic mass is 10.2. The summed E-state index contributed by atoms with van der Waals surface area (Å²) in [4.78, 5) is 19.3. The quantitative estimate of drug-likeness (QED) is 0.258. The first-order chi connectivity index (χ1) is 15.6. The smallest absolute Gasteiger partial charge is 0.145 e. The second kappa shape index (κ2) is 9.52. The summed E-state index contributed by atoms with van der Waals surface area (Å²) in [6.45, 7) is 8.40. The molecule has 3 aromatic heterocycles. The van der Waals surface area contributed by atoms with Crippen molar-refractivity contribution in [2.75, 3.05) is 26.3 Å². The van der Waals surface area contributed by atoms with E-state index in [9.17, 15) is 4.39 Å². The van der Waals surface area contributed by atoms with Gasteiger partial charge in [0, 0.05) is 40.0 Å². The first-order valence-electron chi connectivity index (χ1n) is 10.5. The number of hydrogen-bond donors (Lipinski definition) is 0. The van der Waals surface area contributed by atoms with Gasteiger partial charge in [0.25, 0.3) is 0 Å². The molecule has 0 amide bonds. The highest BCUT2D eigenvalue weighted by Gasteiger charge is 2.18. The molecule has 1 aromatic carbocycles. The summed E-state index contributed by atoms with van der Waals surface area (Å²) in [7, 11) is 0. The number of thiazole rings is 1. The molecule has 0 saturated carbocycles. The van der Waals surface area contributed by atoms with Crippen LogP contribution in [-0.4, -0.2) is 46.2 Å². The Morgan fingerprint density at radius 3 is 2.66 bits per heavy atom. The van der Waals surface area contributed by atoms with Crippen LogP contribution in [0.4, 0.5) is 4.39 Å². The van der Waals surface area contributed by atoms with Crippen LogP contribution in [0.2, 0.25) is 0 Å². The predicted octanol–water partition coefficient (Wildman–Crippen LogP) is 5.70. The van der Waals surface area contributed by atoms with Crippen molar-refractivity contribution in [3.8, 4) is 10.6 Å². The fourth-order valence-electron chi connectivity index (χ4n) is 3.63. The first kappa shape index (κ1) is 21.9. The monoisotopic (exact) mass is 486 g/mol. The van der Waals surface area contributed by atoms with Crippen molar-refractivity contribution in [1.82, 2.24) is 19.9 Å². The Bertz CT molecular complexity index is 1230. The molecule has 0 aliphatic carbocycles. The van der Waals surface area contributed by atoms with Gasteiger partial charge in [0.2, 0.25) is 0 Å². The summed E-state index contributed by atoms with van der Waals surface area (Å²) < 4.78 is 18.7. The number of hydrogen-bond acceptors (Lipinski definition) is 8.